The fourth-order valence-corrected chi connectivity index (χ4v) is 0.354. The summed E-state index contributed by atoms with van der Waals surface area (Å²) in [6.07, 6.45) is 8.24. The smallest absolute Gasteiger partial charge is 0.0856 e. The van der Waals surface area contributed by atoms with Crippen molar-refractivity contribution in [3.8, 4) is 0 Å². The first-order valence-corrected chi connectivity index (χ1v) is 2.77. The van der Waals surface area contributed by atoms with Crippen molar-refractivity contribution in [3.05, 3.63) is 24.3 Å². The van der Waals surface area contributed by atoms with Gasteiger partial charge in [-0.25, -0.2) is 5.11 Å². The largest absolute Gasteiger partial charge is 0.236 e. The molecule has 0 N–H and O–H groups in total. The zero-order valence-electron chi connectivity index (χ0n) is 5.13. The Hall–Kier alpha value is -0.560. The molecule has 0 bridgehead atoms. The molecule has 0 rings (SSSR count). The third-order valence-electron chi connectivity index (χ3n) is 0.724. The minimum absolute atomic E-state index is 0.00590. The molecule has 0 spiro atoms. The van der Waals surface area contributed by atoms with Gasteiger partial charge in [0.2, 0.25) is 0 Å². The van der Waals surface area contributed by atoms with E-state index in [0.717, 1.165) is 0 Å². The summed E-state index contributed by atoms with van der Waals surface area (Å²) < 4.78 is 0. The van der Waals surface area contributed by atoms with Crippen LogP contribution in [0.5, 0.6) is 0 Å². The monoisotopic (exact) mass is 111 g/mol. The Morgan fingerprint density at radius 2 is 2.12 bits per heavy atom. The van der Waals surface area contributed by atoms with Gasteiger partial charge in [-0.3, -0.25) is 0 Å². The second-order valence-electron chi connectivity index (χ2n) is 1.45. The van der Waals surface area contributed by atoms with Crippen molar-refractivity contribution < 1.29 is 5.11 Å². The zero-order valence-corrected chi connectivity index (χ0v) is 5.13. The lowest BCUT2D eigenvalue weighted by atomic mass is 10.4. The second kappa shape index (κ2) is 6.44. The molecular weight excluding hydrogens is 100 g/mol. The first kappa shape index (κ1) is 7.44. The molecular formula is C7H11O. The second-order valence-corrected chi connectivity index (χ2v) is 1.45. The molecule has 0 aliphatic carbocycles. The fraction of sp³-hybridized carbons (Fsp3) is 0.429. The minimum atomic E-state index is -0.00590. The summed E-state index contributed by atoms with van der Waals surface area (Å²) in [6, 6.07) is 0. The summed E-state index contributed by atoms with van der Waals surface area (Å²) in [5, 5.41) is 9.82. The molecule has 1 radical (unpaired) electrons. The average molecular weight is 111 g/mol. The molecule has 0 aromatic rings. The summed E-state index contributed by atoms with van der Waals surface area (Å²) in [5.41, 5.74) is 0. The van der Waals surface area contributed by atoms with Crippen LogP contribution in [-0.2, 0) is 5.11 Å². The molecule has 1 heteroatoms. The van der Waals surface area contributed by atoms with E-state index >= 15 is 0 Å². The van der Waals surface area contributed by atoms with Gasteiger partial charge < -0.3 is 0 Å². The number of hydrogen-bond donors (Lipinski definition) is 0. The van der Waals surface area contributed by atoms with E-state index in [-0.39, 0.29) is 6.61 Å². The maximum atomic E-state index is 9.82. The van der Waals surface area contributed by atoms with Gasteiger partial charge in [0, 0.05) is 0 Å². The minimum Gasteiger partial charge on any atom is -0.236 e. The molecule has 0 saturated heterocycles. The van der Waals surface area contributed by atoms with Crippen molar-refractivity contribution >= 4 is 0 Å². The van der Waals surface area contributed by atoms with Crippen molar-refractivity contribution in [1.82, 2.24) is 0 Å². The third kappa shape index (κ3) is 5.44. The van der Waals surface area contributed by atoms with E-state index in [4.69, 9.17) is 0 Å². The Morgan fingerprint density at radius 1 is 1.38 bits per heavy atom. The molecule has 0 unspecified atom stereocenters. The van der Waals surface area contributed by atoms with E-state index in [1.165, 1.54) is 0 Å². The van der Waals surface area contributed by atoms with Gasteiger partial charge in [0.25, 0.3) is 0 Å². The highest BCUT2D eigenvalue weighted by atomic mass is 16.2. The van der Waals surface area contributed by atoms with Gasteiger partial charge >= 0.3 is 0 Å². The van der Waals surface area contributed by atoms with Crippen LogP contribution in [0.3, 0.4) is 0 Å². The van der Waals surface area contributed by atoms with E-state index < -0.39 is 0 Å². The summed E-state index contributed by atoms with van der Waals surface area (Å²) in [7, 11) is 0. The predicted molar refractivity (Wildman–Crippen MR) is 34.1 cm³/mol. The van der Waals surface area contributed by atoms with Crippen LogP contribution in [-0.4, -0.2) is 6.61 Å². The molecule has 0 aromatic carbocycles. The molecule has 0 fully saturated rings. The summed E-state index contributed by atoms with van der Waals surface area (Å²) >= 11 is 0. The number of rotatable bonds is 3. The molecule has 0 aromatic heterocycles. The van der Waals surface area contributed by atoms with Crippen molar-refractivity contribution in [3.63, 3.8) is 0 Å². The lowest BCUT2D eigenvalue weighted by Gasteiger charge is -1.76. The molecule has 0 saturated carbocycles. The van der Waals surface area contributed by atoms with E-state index in [0.29, 0.717) is 6.42 Å². The van der Waals surface area contributed by atoms with Crippen LogP contribution in [0.2, 0.25) is 0 Å². The van der Waals surface area contributed by atoms with Gasteiger partial charge in [0.1, 0.15) is 0 Å². The van der Waals surface area contributed by atoms with Crippen molar-refractivity contribution in [2.75, 3.05) is 6.61 Å². The number of allylic oxidation sites excluding steroid dienone is 3. The van der Waals surface area contributed by atoms with Crippen LogP contribution in [0.15, 0.2) is 24.3 Å². The van der Waals surface area contributed by atoms with E-state index in [1.807, 2.05) is 31.2 Å². The average Bonchev–Trinajstić information content (AvgIpc) is 1.81. The Labute approximate surface area is 50.3 Å². The first-order valence-electron chi connectivity index (χ1n) is 2.77. The van der Waals surface area contributed by atoms with Crippen LogP contribution < -0.4 is 0 Å². The maximum Gasteiger partial charge on any atom is 0.0856 e. The summed E-state index contributed by atoms with van der Waals surface area (Å²) in [6.45, 7) is 1.94. The quantitative estimate of drug-likeness (QED) is 0.496. The van der Waals surface area contributed by atoms with Gasteiger partial charge in [-0.15, -0.1) is 0 Å². The van der Waals surface area contributed by atoms with Crippen molar-refractivity contribution in [1.29, 1.82) is 0 Å². The van der Waals surface area contributed by atoms with Gasteiger partial charge in [-0.05, 0) is 13.3 Å². The highest BCUT2D eigenvalue weighted by Gasteiger charge is 1.70. The van der Waals surface area contributed by atoms with Crippen LogP contribution >= 0.6 is 0 Å². The lowest BCUT2D eigenvalue weighted by Crippen LogP contribution is -1.70. The standard InChI is InChI=1S/C7H11O/c1-2-3-4-5-6-7-8/h2-5H,6-7H2,1H3/b3-2+,5-4+. The summed E-state index contributed by atoms with van der Waals surface area (Å²) in [4.78, 5) is 0. The molecule has 8 heavy (non-hydrogen) atoms. The van der Waals surface area contributed by atoms with Crippen molar-refractivity contribution in [2.45, 2.75) is 13.3 Å². The molecule has 0 aliphatic rings. The SMILES string of the molecule is C/C=C/C=C/CC[O]. The van der Waals surface area contributed by atoms with E-state index in [1.54, 1.807) is 0 Å². The topological polar surface area (TPSA) is 19.9 Å². The molecule has 1 nitrogen and oxygen atoms in total. The van der Waals surface area contributed by atoms with Gasteiger partial charge in [-0.2, -0.15) is 0 Å². The molecule has 0 atom stereocenters. The number of hydrogen-bond acceptors (Lipinski definition) is 0. The zero-order chi connectivity index (χ0) is 6.24. The van der Waals surface area contributed by atoms with Gasteiger partial charge in [0.15, 0.2) is 0 Å². The summed E-state index contributed by atoms with van der Waals surface area (Å²) in [5.74, 6) is 0. The van der Waals surface area contributed by atoms with Crippen LogP contribution in [0.1, 0.15) is 13.3 Å². The Balaban J connectivity index is 3.07. The van der Waals surface area contributed by atoms with Crippen molar-refractivity contribution in [2.24, 2.45) is 0 Å². The van der Waals surface area contributed by atoms with E-state index in [2.05, 4.69) is 0 Å². The molecule has 0 aliphatic heterocycles. The molecule has 0 heterocycles. The predicted octanol–water partition coefficient (Wildman–Crippen LogP) is 1.94. The Bertz CT molecular complexity index is 82.4. The Kier molecular flexibility index (Phi) is 5.99. The van der Waals surface area contributed by atoms with E-state index in [9.17, 15) is 5.11 Å². The van der Waals surface area contributed by atoms with Gasteiger partial charge in [0.05, 0.1) is 6.61 Å². The van der Waals surface area contributed by atoms with Crippen LogP contribution in [0.4, 0.5) is 0 Å². The fourth-order valence-electron chi connectivity index (χ4n) is 0.354. The maximum absolute atomic E-state index is 9.82. The molecule has 0 amide bonds. The van der Waals surface area contributed by atoms with Crippen LogP contribution in [0.25, 0.3) is 0 Å². The highest BCUT2D eigenvalue weighted by molar-refractivity contribution is 5.00. The highest BCUT2D eigenvalue weighted by Crippen LogP contribution is 1.81. The molecule has 45 valence electrons. The Morgan fingerprint density at radius 3 is 2.62 bits per heavy atom. The van der Waals surface area contributed by atoms with Crippen LogP contribution in [0, 0.1) is 0 Å². The normalized spacial score (nSPS) is 11.8. The third-order valence-corrected chi connectivity index (χ3v) is 0.724. The van der Waals surface area contributed by atoms with Gasteiger partial charge in [-0.1, -0.05) is 24.3 Å². The lowest BCUT2D eigenvalue weighted by molar-refractivity contribution is 0.199. The first-order chi connectivity index (χ1) is 3.91.